The SMILES string of the molecule is CNOC1CCN(C(C)C)CC1. The third kappa shape index (κ3) is 2.73. The highest BCUT2D eigenvalue weighted by Gasteiger charge is 2.20. The summed E-state index contributed by atoms with van der Waals surface area (Å²) in [6.07, 6.45) is 2.72. The van der Waals surface area contributed by atoms with E-state index in [0.717, 1.165) is 12.8 Å². The zero-order valence-electron chi connectivity index (χ0n) is 8.34. The van der Waals surface area contributed by atoms with Crippen molar-refractivity contribution in [1.29, 1.82) is 0 Å². The molecule has 1 aliphatic heterocycles. The smallest absolute Gasteiger partial charge is 0.0814 e. The molecule has 12 heavy (non-hydrogen) atoms. The summed E-state index contributed by atoms with van der Waals surface area (Å²) in [4.78, 5) is 7.83. The molecule has 3 heteroatoms. The summed E-state index contributed by atoms with van der Waals surface area (Å²) < 4.78 is 0. The van der Waals surface area contributed by atoms with Gasteiger partial charge in [-0.05, 0) is 26.7 Å². The van der Waals surface area contributed by atoms with Gasteiger partial charge in [-0.3, -0.25) is 4.84 Å². The molecule has 0 aromatic rings. The number of rotatable bonds is 3. The second-order valence-corrected chi connectivity index (χ2v) is 3.65. The second kappa shape index (κ2) is 4.80. The summed E-state index contributed by atoms with van der Waals surface area (Å²) in [6.45, 7) is 6.84. The maximum atomic E-state index is 5.33. The van der Waals surface area contributed by atoms with Gasteiger partial charge in [-0.25, -0.2) is 5.48 Å². The molecule has 1 aliphatic rings. The molecule has 1 saturated heterocycles. The van der Waals surface area contributed by atoms with E-state index in [4.69, 9.17) is 4.84 Å². The fourth-order valence-electron chi connectivity index (χ4n) is 1.68. The number of nitrogens with zero attached hydrogens (tertiary/aromatic N) is 1. The third-order valence-corrected chi connectivity index (χ3v) is 2.49. The first-order chi connectivity index (χ1) is 5.74. The molecule has 72 valence electrons. The Balaban J connectivity index is 2.20. The number of hydrogen-bond donors (Lipinski definition) is 1. The van der Waals surface area contributed by atoms with E-state index < -0.39 is 0 Å². The molecule has 0 aromatic carbocycles. The van der Waals surface area contributed by atoms with Gasteiger partial charge in [-0.2, -0.15) is 0 Å². The van der Waals surface area contributed by atoms with Crippen LogP contribution in [0.3, 0.4) is 0 Å². The van der Waals surface area contributed by atoms with Crippen molar-refractivity contribution < 1.29 is 4.84 Å². The fourth-order valence-corrected chi connectivity index (χ4v) is 1.68. The summed E-state index contributed by atoms with van der Waals surface area (Å²) >= 11 is 0. The maximum Gasteiger partial charge on any atom is 0.0814 e. The molecule has 0 saturated carbocycles. The van der Waals surface area contributed by atoms with Gasteiger partial charge in [0.05, 0.1) is 6.10 Å². The average molecular weight is 172 g/mol. The van der Waals surface area contributed by atoms with Gasteiger partial charge in [0.1, 0.15) is 0 Å². The van der Waals surface area contributed by atoms with Gasteiger partial charge in [0, 0.05) is 26.2 Å². The lowest BCUT2D eigenvalue weighted by atomic mass is 10.1. The Labute approximate surface area is 75.0 Å². The van der Waals surface area contributed by atoms with E-state index in [1.165, 1.54) is 13.1 Å². The minimum Gasteiger partial charge on any atom is -0.301 e. The monoisotopic (exact) mass is 172 g/mol. The predicted molar refractivity (Wildman–Crippen MR) is 49.9 cm³/mol. The summed E-state index contributed by atoms with van der Waals surface area (Å²) in [7, 11) is 1.83. The third-order valence-electron chi connectivity index (χ3n) is 2.49. The van der Waals surface area contributed by atoms with Crippen molar-refractivity contribution in [2.75, 3.05) is 20.1 Å². The molecule has 1 fully saturated rings. The summed E-state index contributed by atoms with van der Waals surface area (Å²) in [5.74, 6) is 0. The number of likely N-dealkylation sites (tertiary alicyclic amines) is 1. The highest BCUT2D eigenvalue weighted by Crippen LogP contribution is 2.14. The molecule has 0 spiro atoms. The molecule has 0 radical (unpaired) electrons. The molecule has 0 atom stereocenters. The lowest BCUT2D eigenvalue weighted by Crippen LogP contribution is -2.41. The van der Waals surface area contributed by atoms with Crippen LogP contribution in [0.2, 0.25) is 0 Å². The normalized spacial score (nSPS) is 22.0. The minimum absolute atomic E-state index is 0.421. The Morgan fingerprint density at radius 1 is 1.33 bits per heavy atom. The zero-order chi connectivity index (χ0) is 8.97. The molecule has 0 amide bonds. The van der Waals surface area contributed by atoms with Crippen molar-refractivity contribution in [3.8, 4) is 0 Å². The Morgan fingerprint density at radius 2 is 1.92 bits per heavy atom. The lowest BCUT2D eigenvalue weighted by molar-refractivity contribution is -0.0469. The van der Waals surface area contributed by atoms with Crippen molar-refractivity contribution in [3.05, 3.63) is 0 Å². The van der Waals surface area contributed by atoms with Crippen LogP contribution in [0, 0.1) is 0 Å². The van der Waals surface area contributed by atoms with Crippen molar-refractivity contribution >= 4 is 0 Å². The second-order valence-electron chi connectivity index (χ2n) is 3.65. The highest BCUT2D eigenvalue weighted by atomic mass is 16.7. The van der Waals surface area contributed by atoms with Gasteiger partial charge in [-0.15, -0.1) is 0 Å². The van der Waals surface area contributed by atoms with Crippen LogP contribution in [0.25, 0.3) is 0 Å². The largest absolute Gasteiger partial charge is 0.301 e. The fraction of sp³-hybridized carbons (Fsp3) is 1.00. The summed E-state index contributed by atoms with van der Waals surface area (Å²) in [5.41, 5.74) is 2.76. The highest BCUT2D eigenvalue weighted by molar-refractivity contribution is 4.73. The van der Waals surface area contributed by atoms with E-state index in [-0.39, 0.29) is 0 Å². The first-order valence-corrected chi connectivity index (χ1v) is 4.80. The van der Waals surface area contributed by atoms with Crippen molar-refractivity contribution in [3.63, 3.8) is 0 Å². The van der Waals surface area contributed by atoms with Gasteiger partial charge in [-0.1, -0.05) is 0 Å². The standard InChI is InChI=1S/C9H20N2O/c1-8(2)11-6-4-9(5-7-11)12-10-3/h8-10H,4-7H2,1-3H3. The van der Waals surface area contributed by atoms with Crippen molar-refractivity contribution in [1.82, 2.24) is 10.4 Å². The molecule has 1 heterocycles. The van der Waals surface area contributed by atoms with Crippen LogP contribution < -0.4 is 5.48 Å². The van der Waals surface area contributed by atoms with E-state index in [0.29, 0.717) is 12.1 Å². The number of piperidine rings is 1. The first-order valence-electron chi connectivity index (χ1n) is 4.80. The molecule has 1 rings (SSSR count). The van der Waals surface area contributed by atoms with Crippen LogP contribution in [0.1, 0.15) is 26.7 Å². The first kappa shape index (κ1) is 9.96. The molecular formula is C9H20N2O. The van der Waals surface area contributed by atoms with Crippen molar-refractivity contribution in [2.24, 2.45) is 0 Å². The minimum atomic E-state index is 0.421. The van der Waals surface area contributed by atoms with Crippen LogP contribution >= 0.6 is 0 Å². The van der Waals surface area contributed by atoms with Gasteiger partial charge in [0.15, 0.2) is 0 Å². The van der Waals surface area contributed by atoms with E-state index in [9.17, 15) is 0 Å². The van der Waals surface area contributed by atoms with Gasteiger partial charge >= 0.3 is 0 Å². The van der Waals surface area contributed by atoms with E-state index in [1.54, 1.807) is 0 Å². The van der Waals surface area contributed by atoms with Gasteiger partial charge < -0.3 is 4.90 Å². The summed E-state index contributed by atoms with van der Waals surface area (Å²) in [5, 5.41) is 0. The maximum absolute atomic E-state index is 5.33. The van der Waals surface area contributed by atoms with Crippen LogP contribution in [0.15, 0.2) is 0 Å². The van der Waals surface area contributed by atoms with Crippen LogP contribution in [0.5, 0.6) is 0 Å². The quantitative estimate of drug-likeness (QED) is 0.643. The summed E-state index contributed by atoms with van der Waals surface area (Å²) in [6, 6.07) is 0.681. The van der Waals surface area contributed by atoms with Crippen molar-refractivity contribution in [2.45, 2.75) is 38.8 Å². The Kier molecular flexibility index (Phi) is 3.98. The Bertz CT molecular complexity index is 120. The van der Waals surface area contributed by atoms with Crippen LogP contribution in [-0.2, 0) is 4.84 Å². The topological polar surface area (TPSA) is 24.5 Å². The molecule has 0 aliphatic carbocycles. The van der Waals surface area contributed by atoms with E-state index >= 15 is 0 Å². The van der Waals surface area contributed by atoms with Gasteiger partial charge in [0.25, 0.3) is 0 Å². The van der Waals surface area contributed by atoms with Crippen LogP contribution in [0.4, 0.5) is 0 Å². The predicted octanol–water partition coefficient (Wildman–Crippen LogP) is 1.01. The lowest BCUT2D eigenvalue weighted by Gasteiger charge is -2.33. The average Bonchev–Trinajstić information content (AvgIpc) is 2.06. The molecule has 0 aromatic heterocycles. The van der Waals surface area contributed by atoms with E-state index in [1.807, 2.05) is 7.05 Å². The Morgan fingerprint density at radius 3 is 2.33 bits per heavy atom. The molecule has 1 N–H and O–H groups in total. The molecule has 3 nitrogen and oxygen atoms in total. The Hall–Kier alpha value is -0.120. The molecule has 0 unspecified atom stereocenters. The van der Waals surface area contributed by atoms with Crippen LogP contribution in [-0.4, -0.2) is 37.2 Å². The number of hydrogen-bond acceptors (Lipinski definition) is 3. The van der Waals surface area contributed by atoms with E-state index in [2.05, 4.69) is 24.2 Å². The number of nitrogens with one attached hydrogen (secondary N) is 1. The molecule has 0 bridgehead atoms. The number of hydroxylamine groups is 1. The molecular weight excluding hydrogens is 152 g/mol. The van der Waals surface area contributed by atoms with Gasteiger partial charge in [0.2, 0.25) is 0 Å². The zero-order valence-corrected chi connectivity index (χ0v) is 8.34.